The van der Waals surface area contributed by atoms with Crippen LogP contribution in [-0.2, 0) is 4.79 Å². The molecule has 3 nitrogen and oxygen atoms in total. The van der Waals surface area contributed by atoms with Crippen molar-refractivity contribution in [3.05, 3.63) is 0 Å². The molecule has 1 unspecified atom stereocenters. The van der Waals surface area contributed by atoms with Crippen LogP contribution in [0.5, 0.6) is 0 Å². The Labute approximate surface area is 100 Å². The van der Waals surface area contributed by atoms with Crippen molar-refractivity contribution in [2.24, 2.45) is 0 Å². The highest BCUT2D eigenvalue weighted by molar-refractivity contribution is 8.23. The van der Waals surface area contributed by atoms with Gasteiger partial charge in [0.1, 0.15) is 10.6 Å². The van der Waals surface area contributed by atoms with Gasteiger partial charge in [-0.2, -0.15) is 0 Å². The van der Waals surface area contributed by atoms with Crippen molar-refractivity contribution in [1.82, 2.24) is 4.90 Å². The molecule has 0 saturated carbocycles. The zero-order chi connectivity index (χ0) is 11.1. The van der Waals surface area contributed by atoms with E-state index >= 15 is 0 Å². The molecule has 1 saturated heterocycles. The highest BCUT2D eigenvalue weighted by Gasteiger charge is 2.27. The topological polar surface area (TPSA) is 40.5 Å². The number of thioether (sulfide) groups is 1. The summed E-state index contributed by atoms with van der Waals surface area (Å²) in [6.07, 6.45) is 5.05. The number of carbonyl (C=O) groups excluding carboxylic acids is 1. The largest absolute Gasteiger partial charge is 0.396 e. The summed E-state index contributed by atoms with van der Waals surface area (Å²) in [5.41, 5.74) is 0. The zero-order valence-electron chi connectivity index (χ0n) is 8.72. The van der Waals surface area contributed by atoms with Gasteiger partial charge in [-0.1, -0.05) is 36.8 Å². The lowest BCUT2D eigenvalue weighted by Gasteiger charge is -2.21. The molecule has 1 aliphatic rings. The summed E-state index contributed by atoms with van der Waals surface area (Å²) in [5, 5.41) is 8.62. The van der Waals surface area contributed by atoms with Gasteiger partial charge < -0.3 is 14.8 Å². The van der Waals surface area contributed by atoms with Crippen molar-refractivity contribution in [2.75, 3.05) is 18.9 Å². The first kappa shape index (κ1) is 12.9. The van der Waals surface area contributed by atoms with Crippen LogP contribution in [0.2, 0.25) is 0 Å². The summed E-state index contributed by atoms with van der Waals surface area (Å²) >= 11 is 6.77. The number of hydrogen-bond acceptors (Lipinski definition) is 4. The van der Waals surface area contributed by atoms with Crippen molar-refractivity contribution < 1.29 is 9.90 Å². The lowest BCUT2D eigenvalue weighted by atomic mass is 10.2. The lowest BCUT2D eigenvalue weighted by Crippen LogP contribution is -2.35. The van der Waals surface area contributed by atoms with E-state index < -0.39 is 0 Å². The third-order valence-corrected chi connectivity index (χ3v) is 4.05. The number of aliphatic hydroxyl groups excluding tert-OH is 1. The Morgan fingerprint density at radius 1 is 1.47 bits per heavy atom. The molecule has 0 bridgehead atoms. The van der Waals surface area contributed by atoms with Crippen molar-refractivity contribution in [1.29, 1.82) is 0 Å². The Morgan fingerprint density at radius 3 is 2.87 bits per heavy atom. The van der Waals surface area contributed by atoms with E-state index in [-0.39, 0.29) is 12.6 Å². The molecule has 5 heteroatoms. The fourth-order valence-electron chi connectivity index (χ4n) is 1.58. The minimum Gasteiger partial charge on any atom is -0.396 e. The number of rotatable bonds is 7. The minimum atomic E-state index is -0.0136. The number of carbonyl (C=O) groups is 1. The maximum Gasteiger partial charge on any atom is 0.143 e. The van der Waals surface area contributed by atoms with E-state index in [0.29, 0.717) is 0 Å². The second-order valence-electron chi connectivity index (χ2n) is 3.61. The normalized spacial score (nSPS) is 21.0. The number of aldehydes is 1. The molecule has 15 heavy (non-hydrogen) atoms. The third-order valence-electron chi connectivity index (χ3n) is 2.48. The van der Waals surface area contributed by atoms with Gasteiger partial charge in [-0.3, -0.25) is 0 Å². The van der Waals surface area contributed by atoms with Crippen LogP contribution < -0.4 is 0 Å². The average molecular weight is 247 g/mol. The number of thiocarbonyl (C=S) groups is 1. The van der Waals surface area contributed by atoms with Crippen LogP contribution in [0.3, 0.4) is 0 Å². The predicted molar refractivity (Wildman–Crippen MR) is 67.2 cm³/mol. The summed E-state index contributed by atoms with van der Waals surface area (Å²) in [6.45, 7) is 1.15. The molecule has 1 heterocycles. The molecule has 1 rings (SSSR count). The molecule has 0 amide bonds. The van der Waals surface area contributed by atoms with Gasteiger partial charge in [0.05, 0.1) is 6.04 Å². The molecule has 0 aromatic heterocycles. The summed E-state index contributed by atoms with van der Waals surface area (Å²) in [7, 11) is 0. The maximum atomic E-state index is 10.8. The van der Waals surface area contributed by atoms with E-state index in [1.54, 1.807) is 11.8 Å². The molecular formula is C10H17NO2S2. The van der Waals surface area contributed by atoms with E-state index in [9.17, 15) is 4.79 Å². The SMILES string of the molecule is O=CC1CSC(=S)N1CCCCCCO. The number of nitrogens with zero attached hydrogens (tertiary/aromatic N) is 1. The van der Waals surface area contributed by atoms with Crippen molar-refractivity contribution >= 4 is 34.6 Å². The molecule has 0 radical (unpaired) electrons. The molecule has 1 aliphatic heterocycles. The monoisotopic (exact) mass is 247 g/mol. The fraction of sp³-hybridized carbons (Fsp3) is 0.800. The van der Waals surface area contributed by atoms with Gasteiger partial charge in [0.2, 0.25) is 0 Å². The van der Waals surface area contributed by atoms with Crippen molar-refractivity contribution in [3.63, 3.8) is 0 Å². The molecule has 0 aliphatic carbocycles. The van der Waals surface area contributed by atoms with E-state index in [4.69, 9.17) is 17.3 Å². The Hall–Kier alpha value is -0.130. The van der Waals surface area contributed by atoms with Gasteiger partial charge in [0.25, 0.3) is 0 Å². The second-order valence-corrected chi connectivity index (χ2v) is 5.27. The maximum absolute atomic E-state index is 10.8. The Bertz CT molecular complexity index is 223. The summed E-state index contributed by atoms with van der Waals surface area (Å²) < 4.78 is 0.856. The van der Waals surface area contributed by atoms with Crippen molar-refractivity contribution in [2.45, 2.75) is 31.7 Å². The van der Waals surface area contributed by atoms with Gasteiger partial charge in [-0.15, -0.1) is 0 Å². The van der Waals surface area contributed by atoms with E-state index in [2.05, 4.69) is 0 Å². The average Bonchev–Trinajstić information content (AvgIpc) is 2.60. The van der Waals surface area contributed by atoms with Crippen LogP contribution >= 0.6 is 24.0 Å². The zero-order valence-corrected chi connectivity index (χ0v) is 10.4. The lowest BCUT2D eigenvalue weighted by molar-refractivity contribution is -0.110. The number of unbranched alkanes of at least 4 members (excludes halogenated alkanes) is 3. The Kier molecular flexibility index (Phi) is 6.20. The molecule has 86 valence electrons. The van der Waals surface area contributed by atoms with E-state index in [1.807, 2.05) is 4.90 Å². The van der Waals surface area contributed by atoms with Crippen molar-refractivity contribution in [3.8, 4) is 0 Å². The number of hydrogen-bond donors (Lipinski definition) is 1. The van der Waals surface area contributed by atoms with Gasteiger partial charge in [-0.05, 0) is 12.8 Å². The standard InChI is InChI=1S/C10H17NO2S2/c12-6-4-2-1-3-5-11-9(7-13)8-15-10(11)14/h7,9,12H,1-6,8H2. The number of aliphatic hydroxyl groups is 1. The quantitative estimate of drug-likeness (QED) is 0.419. The van der Waals surface area contributed by atoms with Crippen LogP contribution in [0, 0.1) is 0 Å². The van der Waals surface area contributed by atoms with Gasteiger partial charge in [0, 0.05) is 18.9 Å². The van der Waals surface area contributed by atoms with Crippen LogP contribution in [0.4, 0.5) is 0 Å². The first-order chi connectivity index (χ1) is 7.29. The molecule has 1 N–H and O–H groups in total. The van der Waals surface area contributed by atoms with Gasteiger partial charge >= 0.3 is 0 Å². The van der Waals surface area contributed by atoms with Crippen LogP contribution in [0.25, 0.3) is 0 Å². The van der Waals surface area contributed by atoms with E-state index in [1.165, 1.54) is 0 Å². The third kappa shape index (κ3) is 4.09. The van der Waals surface area contributed by atoms with Crippen LogP contribution in [-0.4, -0.2) is 45.6 Å². The summed E-state index contributed by atoms with van der Waals surface area (Å²) in [6, 6.07) is -0.0136. The Balaban J connectivity index is 2.18. The first-order valence-electron chi connectivity index (χ1n) is 5.29. The van der Waals surface area contributed by atoms with Crippen LogP contribution in [0.15, 0.2) is 0 Å². The fourth-order valence-corrected chi connectivity index (χ4v) is 2.98. The smallest absolute Gasteiger partial charge is 0.143 e. The predicted octanol–water partition coefficient (Wildman–Crippen LogP) is 1.44. The molecule has 0 aromatic rings. The highest BCUT2D eigenvalue weighted by atomic mass is 32.2. The molecule has 1 fully saturated rings. The molecule has 1 atom stereocenters. The van der Waals surface area contributed by atoms with Crippen LogP contribution in [0.1, 0.15) is 25.7 Å². The van der Waals surface area contributed by atoms with Gasteiger partial charge in [-0.25, -0.2) is 0 Å². The second kappa shape index (κ2) is 7.19. The molecular weight excluding hydrogens is 230 g/mol. The first-order valence-corrected chi connectivity index (χ1v) is 6.68. The summed E-state index contributed by atoms with van der Waals surface area (Å²) in [4.78, 5) is 12.8. The highest BCUT2D eigenvalue weighted by Crippen LogP contribution is 2.23. The molecule has 0 spiro atoms. The Morgan fingerprint density at radius 2 is 2.20 bits per heavy atom. The van der Waals surface area contributed by atoms with E-state index in [0.717, 1.165) is 48.6 Å². The summed E-state index contributed by atoms with van der Waals surface area (Å²) in [5.74, 6) is 0.805. The van der Waals surface area contributed by atoms with Gasteiger partial charge in [0.15, 0.2) is 0 Å². The minimum absolute atomic E-state index is 0.0136. The molecule has 0 aromatic carbocycles.